The molecule has 0 saturated heterocycles. The lowest BCUT2D eigenvalue weighted by Gasteiger charge is -2.12. The molecule has 12 heteroatoms. The van der Waals surface area contributed by atoms with Crippen molar-refractivity contribution in [1.29, 1.82) is 0 Å². The van der Waals surface area contributed by atoms with E-state index in [0.717, 1.165) is 18.0 Å². The summed E-state index contributed by atoms with van der Waals surface area (Å²) in [6, 6.07) is 2.69. The summed E-state index contributed by atoms with van der Waals surface area (Å²) in [4.78, 5) is 11.6. The molecule has 2 aromatic heterocycles. The van der Waals surface area contributed by atoms with E-state index in [1.165, 1.54) is 0 Å². The van der Waals surface area contributed by atoms with Crippen LogP contribution in [-0.2, 0) is 12.7 Å². The van der Waals surface area contributed by atoms with Crippen LogP contribution in [-0.4, -0.2) is 40.7 Å². The molecule has 3 N–H and O–H groups in total. The van der Waals surface area contributed by atoms with Gasteiger partial charge in [0.25, 0.3) is 0 Å². The number of rotatable bonds is 8. The quantitative estimate of drug-likeness (QED) is 0.210. The van der Waals surface area contributed by atoms with Gasteiger partial charge in [-0.25, -0.2) is 15.0 Å². The molecule has 29 heavy (non-hydrogen) atoms. The normalized spacial score (nSPS) is 11.9. The van der Waals surface area contributed by atoms with Gasteiger partial charge in [-0.3, -0.25) is 0 Å². The Labute approximate surface area is 184 Å². The number of hydrogen-bond acceptors (Lipinski definition) is 6. The molecule has 0 aliphatic rings. The van der Waals surface area contributed by atoms with Gasteiger partial charge >= 0.3 is 6.18 Å². The minimum atomic E-state index is -4.50. The molecule has 162 valence electrons. The maximum absolute atomic E-state index is 12.7. The number of guanidine groups is 1. The van der Waals surface area contributed by atoms with E-state index >= 15 is 0 Å². The Bertz CT molecular complexity index is 780. The molecule has 0 amide bonds. The number of hydrogen-bond donors (Lipinski definition) is 3. The SMILES string of the molecule is CCNC(=NCc1cc(C(C)C)no1)NCCNc1nccc(C(F)(F)F)n1.I. The molecule has 8 nitrogen and oxygen atoms in total. The Kier molecular flexibility index (Phi) is 10.1. The first kappa shape index (κ1) is 24.9. The summed E-state index contributed by atoms with van der Waals surface area (Å²) in [5.41, 5.74) is -0.117. The molecule has 0 aliphatic heterocycles. The molecular formula is C17H25F3IN7O. The number of aliphatic imine (C=N–C) groups is 1. The molecule has 0 atom stereocenters. The second-order valence-corrected chi connectivity index (χ2v) is 6.18. The largest absolute Gasteiger partial charge is 0.433 e. The van der Waals surface area contributed by atoms with E-state index in [0.29, 0.717) is 37.9 Å². The van der Waals surface area contributed by atoms with Crippen LogP contribution in [0.5, 0.6) is 0 Å². The summed E-state index contributed by atoms with van der Waals surface area (Å²) in [5, 5.41) is 12.9. The number of anilines is 1. The Hall–Kier alpha value is -2.12. The molecule has 0 unspecified atom stereocenters. The van der Waals surface area contributed by atoms with Crippen molar-refractivity contribution in [3.8, 4) is 0 Å². The van der Waals surface area contributed by atoms with Crippen molar-refractivity contribution in [2.75, 3.05) is 25.0 Å². The summed E-state index contributed by atoms with van der Waals surface area (Å²) < 4.78 is 43.2. The Balaban J connectivity index is 0.00000420. The van der Waals surface area contributed by atoms with Crippen LogP contribution >= 0.6 is 24.0 Å². The van der Waals surface area contributed by atoms with Gasteiger partial charge in [0.2, 0.25) is 5.95 Å². The minimum absolute atomic E-state index is 0. The van der Waals surface area contributed by atoms with E-state index in [1.54, 1.807) is 0 Å². The number of nitrogens with one attached hydrogen (secondary N) is 3. The standard InChI is InChI=1S/C17H24F3N7O.HI/c1-4-21-15(25-10-12-9-13(11(2)3)27-28-12)23-7-8-24-16-22-6-5-14(26-16)17(18,19)20;/h5-6,9,11H,4,7-8,10H2,1-3H3,(H2,21,23,25)(H,22,24,26);1H. The van der Waals surface area contributed by atoms with Gasteiger partial charge in [0.05, 0.1) is 5.69 Å². The lowest BCUT2D eigenvalue weighted by Crippen LogP contribution is -2.39. The van der Waals surface area contributed by atoms with Crippen molar-refractivity contribution in [2.24, 2.45) is 4.99 Å². The molecule has 0 bridgehead atoms. The molecule has 2 rings (SSSR count). The smallest absolute Gasteiger partial charge is 0.359 e. The Morgan fingerprint density at radius 3 is 2.62 bits per heavy atom. The molecule has 0 spiro atoms. The van der Waals surface area contributed by atoms with Gasteiger partial charge in [0.15, 0.2) is 11.7 Å². The van der Waals surface area contributed by atoms with E-state index in [1.807, 2.05) is 26.8 Å². The van der Waals surface area contributed by atoms with Gasteiger partial charge in [0.1, 0.15) is 12.2 Å². The molecular weight excluding hydrogens is 502 g/mol. The van der Waals surface area contributed by atoms with Crippen LogP contribution in [0.2, 0.25) is 0 Å². The third-order valence-electron chi connectivity index (χ3n) is 3.55. The lowest BCUT2D eigenvalue weighted by atomic mass is 10.1. The fraction of sp³-hybridized carbons (Fsp3) is 0.529. The molecule has 0 saturated carbocycles. The highest BCUT2D eigenvalue weighted by Gasteiger charge is 2.32. The maximum atomic E-state index is 12.7. The van der Waals surface area contributed by atoms with Gasteiger partial charge < -0.3 is 20.5 Å². The van der Waals surface area contributed by atoms with Crippen LogP contribution in [0.4, 0.5) is 19.1 Å². The van der Waals surface area contributed by atoms with Gasteiger partial charge in [-0.1, -0.05) is 19.0 Å². The van der Waals surface area contributed by atoms with Gasteiger partial charge in [-0.05, 0) is 18.9 Å². The predicted molar refractivity (Wildman–Crippen MR) is 114 cm³/mol. The van der Waals surface area contributed by atoms with Gasteiger partial charge in [-0.2, -0.15) is 13.2 Å². The summed E-state index contributed by atoms with van der Waals surface area (Å²) in [7, 11) is 0. The topological polar surface area (TPSA) is 100 Å². The van der Waals surface area contributed by atoms with E-state index in [-0.39, 0.29) is 35.8 Å². The number of aromatic nitrogens is 3. The summed E-state index contributed by atoms with van der Waals surface area (Å²) in [6.45, 7) is 7.67. The third-order valence-corrected chi connectivity index (χ3v) is 3.55. The van der Waals surface area contributed by atoms with Crippen molar-refractivity contribution in [3.05, 3.63) is 35.5 Å². The first-order chi connectivity index (χ1) is 13.3. The second-order valence-electron chi connectivity index (χ2n) is 6.18. The highest BCUT2D eigenvalue weighted by molar-refractivity contribution is 14.0. The van der Waals surface area contributed by atoms with E-state index < -0.39 is 11.9 Å². The van der Waals surface area contributed by atoms with Crippen LogP contribution in [0.3, 0.4) is 0 Å². The van der Waals surface area contributed by atoms with E-state index in [9.17, 15) is 13.2 Å². The van der Waals surface area contributed by atoms with Crippen LogP contribution in [0, 0.1) is 0 Å². The molecule has 2 aromatic rings. The van der Waals surface area contributed by atoms with Crippen LogP contribution in [0.25, 0.3) is 0 Å². The van der Waals surface area contributed by atoms with Gasteiger partial charge in [0, 0.05) is 31.9 Å². The number of nitrogens with zero attached hydrogens (tertiary/aromatic N) is 4. The highest BCUT2D eigenvalue weighted by atomic mass is 127. The van der Waals surface area contributed by atoms with Crippen molar-refractivity contribution in [1.82, 2.24) is 25.8 Å². The van der Waals surface area contributed by atoms with Crippen LogP contribution in [0.15, 0.2) is 27.8 Å². The molecule has 2 heterocycles. The van der Waals surface area contributed by atoms with Crippen LogP contribution < -0.4 is 16.0 Å². The van der Waals surface area contributed by atoms with Crippen molar-refractivity contribution < 1.29 is 17.7 Å². The van der Waals surface area contributed by atoms with Crippen LogP contribution in [0.1, 0.15) is 43.8 Å². The predicted octanol–water partition coefficient (Wildman–Crippen LogP) is 3.39. The van der Waals surface area contributed by atoms with E-state index in [4.69, 9.17) is 4.52 Å². The first-order valence-electron chi connectivity index (χ1n) is 8.91. The van der Waals surface area contributed by atoms with Crippen molar-refractivity contribution in [2.45, 2.75) is 39.4 Å². The molecule has 0 radical (unpaired) electrons. The Morgan fingerprint density at radius 1 is 1.24 bits per heavy atom. The average Bonchev–Trinajstić information content (AvgIpc) is 3.12. The monoisotopic (exact) mass is 527 g/mol. The molecule has 0 fully saturated rings. The fourth-order valence-electron chi connectivity index (χ4n) is 2.13. The summed E-state index contributed by atoms with van der Waals surface area (Å²) >= 11 is 0. The zero-order valence-corrected chi connectivity index (χ0v) is 18.7. The number of halogens is 4. The lowest BCUT2D eigenvalue weighted by molar-refractivity contribution is -0.141. The number of alkyl halides is 3. The highest BCUT2D eigenvalue weighted by Crippen LogP contribution is 2.27. The zero-order chi connectivity index (χ0) is 20.6. The third kappa shape index (κ3) is 8.41. The fourth-order valence-corrected chi connectivity index (χ4v) is 2.13. The molecule has 0 aromatic carbocycles. The minimum Gasteiger partial charge on any atom is -0.359 e. The zero-order valence-electron chi connectivity index (χ0n) is 16.4. The average molecular weight is 527 g/mol. The van der Waals surface area contributed by atoms with Crippen molar-refractivity contribution in [3.63, 3.8) is 0 Å². The first-order valence-corrected chi connectivity index (χ1v) is 8.91. The summed E-state index contributed by atoms with van der Waals surface area (Å²) in [6.07, 6.45) is -3.43. The van der Waals surface area contributed by atoms with Crippen molar-refractivity contribution >= 4 is 35.9 Å². The molecule has 0 aliphatic carbocycles. The maximum Gasteiger partial charge on any atom is 0.433 e. The summed E-state index contributed by atoms with van der Waals surface area (Å²) in [5.74, 6) is 1.39. The Morgan fingerprint density at radius 2 is 2.00 bits per heavy atom. The van der Waals surface area contributed by atoms with Gasteiger partial charge in [-0.15, -0.1) is 24.0 Å². The second kappa shape index (κ2) is 11.8. The van der Waals surface area contributed by atoms with E-state index in [2.05, 4.69) is 36.1 Å².